The van der Waals surface area contributed by atoms with Gasteiger partial charge in [0.2, 0.25) is 0 Å². The van der Waals surface area contributed by atoms with Crippen molar-refractivity contribution >= 4 is 11.8 Å². The number of aliphatic hydroxyl groups is 2. The molecule has 9 heteroatoms. The fraction of sp³-hybridized carbons (Fsp3) is 0.300. The Hall–Kier alpha value is -3.14. The summed E-state index contributed by atoms with van der Waals surface area (Å²) in [7, 11) is 0. The molecule has 1 heterocycles. The molecule has 0 saturated carbocycles. The van der Waals surface area contributed by atoms with Crippen LogP contribution in [-0.4, -0.2) is 63.8 Å². The van der Waals surface area contributed by atoms with Gasteiger partial charge in [0.25, 0.3) is 11.8 Å². The minimum absolute atomic E-state index is 0.0359. The highest BCUT2D eigenvalue weighted by atomic mass is 16.6. The number of carbonyl (C=O) groups excluding carboxylic acids is 2. The van der Waals surface area contributed by atoms with Crippen LogP contribution in [0.5, 0.6) is 11.5 Å². The van der Waals surface area contributed by atoms with Gasteiger partial charge in [-0.3, -0.25) is 9.59 Å². The van der Waals surface area contributed by atoms with Crippen LogP contribution in [0.1, 0.15) is 20.7 Å². The van der Waals surface area contributed by atoms with Crippen molar-refractivity contribution in [3.63, 3.8) is 0 Å². The van der Waals surface area contributed by atoms with Crippen molar-refractivity contribution in [1.82, 2.24) is 10.6 Å². The third-order valence-electron chi connectivity index (χ3n) is 4.72. The van der Waals surface area contributed by atoms with Crippen LogP contribution in [0.2, 0.25) is 0 Å². The van der Waals surface area contributed by atoms with Crippen LogP contribution in [0.3, 0.4) is 0 Å². The van der Waals surface area contributed by atoms with Crippen molar-refractivity contribution in [1.29, 1.82) is 0 Å². The van der Waals surface area contributed by atoms with Crippen LogP contribution in [0, 0.1) is 5.92 Å². The van der Waals surface area contributed by atoms with Gasteiger partial charge < -0.3 is 35.8 Å². The summed E-state index contributed by atoms with van der Waals surface area (Å²) in [5.41, 5.74) is 0.650. The Bertz CT molecular complexity index is 854. The first kappa shape index (κ1) is 20.6. The summed E-state index contributed by atoms with van der Waals surface area (Å²) in [6, 6.07) is 11.3. The molecular formula is C20H22N2O7. The molecule has 0 aliphatic carbocycles. The highest BCUT2D eigenvalue weighted by Gasteiger charge is 2.42. The Balaban J connectivity index is 1.51. The predicted molar refractivity (Wildman–Crippen MR) is 101 cm³/mol. The average Bonchev–Trinajstić information content (AvgIpc) is 2.98. The quantitative estimate of drug-likeness (QED) is 0.397. The SMILES string of the molecule is O=C(NC[C@@H]1C(O)O[C@H](CNC(=O)c2ccc(O)cc2)[C@H]1O)c1ccc(O)cc1. The van der Waals surface area contributed by atoms with Crippen molar-refractivity contribution in [2.75, 3.05) is 13.1 Å². The van der Waals surface area contributed by atoms with E-state index in [2.05, 4.69) is 10.6 Å². The first-order valence-corrected chi connectivity index (χ1v) is 9.01. The van der Waals surface area contributed by atoms with E-state index in [1.54, 1.807) is 0 Å². The Kier molecular flexibility index (Phi) is 6.32. The molecule has 9 nitrogen and oxygen atoms in total. The molecule has 1 unspecified atom stereocenters. The molecule has 29 heavy (non-hydrogen) atoms. The predicted octanol–water partition coefficient (Wildman–Crippen LogP) is -0.0481. The number of aromatic hydroxyl groups is 2. The van der Waals surface area contributed by atoms with Gasteiger partial charge in [0.05, 0.1) is 12.0 Å². The summed E-state index contributed by atoms with van der Waals surface area (Å²) >= 11 is 0. The summed E-state index contributed by atoms with van der Waals surface area (Å²) in [6.45, 7) is -0.0786. The van der Waals surface area contributed by atoms with E-state index in [1.165, 1.54) is 48.5 Å². The Morgan fingerprint density at radius 2 is 1.24 bits per heavy atom. The lowest BCUT2D eigenvalue weighted by Gasteiger charge is -2.18. The van der Waals surface area contributed by atoms with Gasteiger partial charge in [-0.2, -0.15) is 0 Å². The van der Waals surface area contributed by atoms with E-state index in [4.69, 9.17) is 4.74 Å². The lowest BCUT2D eigenvalue weighted by Crippen LogP contribution is -2.41. The molecule has 3 rings (SSSR count). The fourth-order valence-corrected chi connectivity index (χ4v) is 3.03. The zero-order valence-corrected chi connectivity index (χ0v) is 15.4. The molecule has 4 atom stereocenters. The molecule has 2 aromatic carbocycles. The van der Waals surface area contributed by atoms with Gasteiger partial charge >= 0.3 is 0 Å². The first-order valence-electron chi connectivity index (χ1n) is 9.01. The van der Waals surface area contributed by atoms with Gasteiger partial charge in [-0.15, -0.1) is 0 Å². The van der Waals surface area contributed by atoms with Crippen LogP contribution in [0.15, 0.2) is 48.5 Å². The molecule has 1 fully saturated rings. The lowest BCUT2D eigenvalue weighted by atomic mass is 10.00. The Labute approximate surface area is 166 Å². The van der Waals surface area contributed by atoms with Crippen LogP contribution in [0.4, 0.5) is 0 Å². The molecule has 0 aromatic heterocycles. The van der Waals surface area contributed by atoms with Crippen molar-refractivity contribution in [2.45, 2.75) is 18.5 Å². The van der Waals surface area contributed by atoms with Gasteiger partial charge in [0, 0.05) is 24.2 Å². The van der Waals surface area contributed by atoms with Gasteiger partial charge in [-0.05, 0) is 48.5 Å². The molecule has 154 valence electrons. The number of phenolic OH excluding ortho intramolecular Hbond substituents is 2. The topological polar surface area (TPSA) is 148 Å². The summed E-state index contributed by atoms with van der Waals surface area (Å²) in [5.74, 6) is -1.54. The van der Waals surface area contributed by atoms with Crippen LogP contribution >= 0.6 is 0 Å². The lowest BCUT2D eigenvalue weighted by molar-refractivity contribution is -0.106. The molecular weight excluding hydrogens is 380 g/mol. The highest BCUT2D eigenvalue weighted by Crippen LogP contribution is 2.25. The van der Waals surface area contributed by atoms with Gasteiger partial charge in [0.15, 0.2) is 6.29 Å². The maximum atomic E-state index is 12.1. The van der Waals surface area contributed by atoms with E-state index < -0.39 is 36.2 Å². The number of nitrogens with one attached hydrogen (secondary N) is 2. The molecule has 2 amide bonds. The number of aliphatic hydroxyl groups excluding tert-OH is 2. The summed E-state index contributed by atoms with van der Waals surface area (Å²) in [6.07, 6.45) is -3.26. The third kappa shape index (κ3) is 5.02. The van der Waals surface area contributed by atoms with E-state index >= 15 is 0 Å². The van der Waals surface area contributed by atoms with Gasteiger partial charge in [0.1, 0.15) is 17.6 Å². The Morgan fingerprint density at radius 1 is 0.793 bits per heavy atom. The van der Waals surface area contributed by atoms with Crippen LogP contribution < -0.4 is 10.6 Å². The van der Waals surface area contributed by atoms with E-state index in [1.807, 2.05) is 0 Å². The summed E-state index contributed by atoms with van der Waals surface area (Å²) < 4.78 is 5.31. The second-order valence-corrected chi connectivity index (χ2v) is 6.73. The number of rotatable bonds is 6. The van der Waals surface area contributed by atoms with Crippen molar-refractivity contribution in [3.8, 4) is 11.5 Å². The maximum Gasteiger partial charge on any atom is 0.251 e. The molecule has 6 N–H and O–H groups in total. The minimum Gasteiger partial charge on any atom is -0.508 e. The smallest absolute Gasteiger partial charge is 0.251 e. The maximum absolute atomic E-state index is 12.1. The van der Waals surface area contributed by atoms with Gasteiger partial charge in [-0.25, -0.2) is 0 Å². The van der Waals surface area contributed by atoms with Crippen molar-refractivity contribution < 1.29 is 34.8 Å². The normalized spacial score (nSPS) is 23.5. The van der Waals surface area contributed by atoms with E-state index in [-0.39, 0.29) is 24.6 Å². The molecule has 0 bridgehead atoms. The van der Waals surface area contributed by atoms with Crippen molar-refractivity contribution in [3.05, 3.63) is 59.7 Å². The fourth-order valence-electron chi connectivity index (χ4n) is 3.03. The number of hydrogen-bond acceptors (Lipinski definition) is 7. The number of benzene rings is 2. The summed E-state index contributed by atoms with van der Waals surface area (Å²) in [4.78, 5) is 24.2. The van der Waals surface area contributed by atoms with E-state index in [0.717, 1.165) is 0 Å². The van der Waals surface area contributed by atoms with E-state index in [0.29, 0.717) is 11.1 Å². The second kappa shape index (κ2) is 8.91. The zero-order chi connectivity index (χ0) is 21.0. The number of phenols is 2. The average molecular weight is 402 g/mol. The van der Waals surface area contributed by atoms with Gasteiger partial charge in [-0.1, -0.05) is 0 Å². The highest BCUT2D eigenvalue weighted by molar-refractivity contribution is 5.94. The molecule has 0 spiro atoms. The third-order valence-corrected chi connectivity index (χ3v) is 4.72. The second-order valence-electron chi connectivity index (χ2n) is 6.73. The van der Waals surface area contributed by atoms with Crippen LogP contribution in [0.25, 0.3) is 0 Å². The molecule has 1 aliphatic rings. The van der Waals surface area contributed by atoms with E-state index in [9.17, 15) is 30.0 Å². The zero-order valence-electron chi connectivity index (χ0n) is 15.4. The molecule has 1 aliphatic heterocycles. The largest absolute Gasteiger partial charge is 0.508 e. The Morgan fingerprint density at radius 3 is 1.72 bits per heavy atom. The monoisotopic (exact) mass is 402 g/mol. The molecule has 2 aromatic rings. The minimum atomic E-state index is -1.30. The van der Waals surface area contributed by atoms with Crippen molar-refractivity contribution in [2.24, 2.45) is 5.92 Å². The first-order chi connectivity index (χ1) is 13.8. The number of amides is 2. The molecule has 0 radical (unpaired) electrons. The number of carbonyl (C=O) groups is 2. The molecule has 1 saturated heterocycles. The summed E-state index contributed by atoms with van der Waals surface area (Å²) in [5, 5.41) is 44.2. The number of ether oxygens (including phenoxy) is 1. The number of hydrogen-bond donors (Lipinski definition) is 6. The standard InChI is InChI=1S/C20H22N2O7/c23-13-5-1-11(2-6-13)18(26)21-9-15-17(25)16(29-20(15)28)10-22-19(27)12-3-7-14(24)8-4-12/h1-8,15-17,20,23-25,28H,9-10H2,(H,21,26)(H,22,27)/t15-,16+,17-,20?/m0/s1. The van der Waals surface area contributed by atoms with Crippen LogP contribution in [-0.2, 0) is 4.74 Å².